The minimum Gasteiger partial charge on any atom is -0.462 e. The predicted octanol–water partition coefficient (Wildman–Crippen LogP) is 2.34. The summed E-state index contributed by atoms with van der Waals surface area (Å²) in [6.07, 6.45) is 1.61. The van der Waals surface area contributed by atoms with Crippen LogP contribution in [0.4, 0.5) is 0 Å². The van der Waals surface area contributed by atoms with E-state index in [2.05, 4.69) is 27.5 Å². The summed E-state index contributed by atoms with van der Waals surface area (Å²) in [5.41, 5.74) is 0.656. The largest absolute Gasteiger partial charge is 0.462 e. The van der Waals surface area contributed by atoms with Crippen LogP contribution in [0.15, 0.2) is 29.2 Å². The monoisotopic (exact) mass is 414 g/mol. The van der Waals surface area contributed by atoms with Crippen LogP contribution in [0.25, 0.3) is 10.9 Å². The molecule has 22 heavy (non-hydrogen) atoms. The van der Waals surface area contributed by atoms with Crippen molar-refractivity contribution in [2.75, 3.05) is 27.2 Å². The first-order chi connectivity index (χ1) is 10.4. The lowest BCUT2D eigenvalue weighted by molar-refractivity contribution is 0.0524. The van der Waals surface area contributed by atoms with Gasteiger partial charge in [-0.05, 0) is 61.8 Å². The molecule has 1 heterocycles. The highest BCUT2D eigenvalue weighted by atomic mass is 127. The number of esters is 1. The molecular weight excluding hydrogens is 395 g/mol. The molecule has 0 saturated carbocycles. The third-order valence-electron chi connectivity index (χ3n) is 3.33. The van der Waals surface area contributed by atoms with Crippen molar-refractivity contribution < 1.29 is 9.53 Å². The van der Waals surface area contributed by atoms with Crippen molar-refractivity contribution in [3.63, 3.8) is 0 Å². The van der Waals surface area contributed by atoms with Crippen LogP contribution in [0.1, 0.15) is 17.3 Å². The summed E-state index contributed by atoms with van der Waals surface area (Å²) in [4.78, 5) is 26.7. The van der Waals surface area contributed by atoms with Gasteiger partial charge < -0.3 is 14.2 Å². The molecule has 0 N–H and O–H groups in total. The molecule has 6 heteroatoms. The SMILES string of the molecule is CCOC(=O)c1cn(CCN(C)C)c2ccc(I)cc2c1=O. The highest BCUT2D eigenvalue weighted by Gasteiger charge is 2.16. The third kappa shape index (κ3) is 3.67. The highest BCUT2D eigenvalue weighted by Crippen LogP contribution is 2.16. The summed E-state index contributed by atoms with van der Waals surface area (Å²) in [5, 5.41) is 0.552. The van der Waals surface area contributed by atoms with E-state index in [0.717, 1.165) is 15.6 Å². The molecule has 0 radical (unpaired) electrons. The number of benzene rings is 1. The molecule has 2 rings (SSSR count). The minimum absolute atomic E-state index is 0.0927. The number of fused-ring (bicyclic) bond motifs is 1. The lowest BCUT2D eigenvalue weighted by Crippen LogP contribution is -2.24. The number of rotatable bonds is 5. The lowest BCUT2D eigenvalue weighted by atomic mass is 10.1. The van der Waals surface area contributed by atoms with Gasteiger partial charge in [-0.3, -0.25) is 4.79 Å². The Hall–Kier alpha value is -1.41. The maximum Gasteiger partial charge on any atom is 0.343 e. The Morgan fingerprint density at radius 2 is 2.09 bits per heavy atom. The number of carbonyl (C=O) groups is 1. The molecule has 0 unspecified atom stereocenters. The highest BCUT2D eigenvalue weighted by molar-refractivity contribution is 14.1. The van der Waals surface area contributed by atoms with Crippen LogP contribution in [0.5, 0.6) is 0 Å². The quantitative estimate of drug-likeness (QED) is 0.557. The van der Waals surface area contributed by atoms with E-state index in [1.165, 1.54) is 0 Å². The molecule has 0 fully saturated rings. The van der Waals surface area contributed by atoms with Crippen LogP contribution in [-0.2, 0) is 11.3 Å². The fourth-order valence-corrected chi connectivity index (χ4v) is 2.71. The molecule has 1 aromatic carbocycles. The maximum absolute atomic E-state index is 12.6. The number of halogens is 1. The van der Waals surface area contributed by atoms with Gasteiger partial charge in [0.05, 0.1) is 12.1 Å². The topological polar surface area (TPSA) is 51.5 Å². The van der Waals surface area contributed by atoms with Crippen LogP contribution < -0.4 is 5.43 Å². The van der Waals surface area contributed by atoms with Crippen molar-refractivity contribution in [3.05, 3.63) is 43.8 Å². The summed E-state index contributed by atoms with van der Waals surface area (Å²) in [7, 11) is 3.97. The van der Waals surface area contributed by atoms with E-state index in [1.807, 2.05) is 36.9 Å². The van der Waals surface area contributed by atoms with E-state index in [-0.39, 0.29) is 17.6 Å². The number of likely N-dealkylation sites (N-methyl/N-ethyl adjacent to an activating group) is 1. The fourth-order valence-electron chi connectivity index (χ4n) is 2.22. The van der Waals surface area contributed by atoms with Crippen molar-refractivity contribution in [1.82, 2.24) is 9.47 Å². The zero-order valence-electron chi connectivity index (χ0n) is 12.9. The zero-order valence-corrected chi connectivity index (χ0v) is 15.1. The molecule has 118 valence electrons. The smallest absolute Gasteiger partial charge is 0.343 e. The first-order valence-electron chi connectivity index (χ1n) is 7.08. The number of aromatic nitrogens is 1. The van der Waals surface area contributed by atoms with Crippen molar-refractivity contribution in [1.29, 1.82) is 0 Å². The number of pyridine rings is 1. The van der Waals surface area contributed by atoms with Gasteiger partial charge in [-0.1, -0.05) is 0 Å². The standard InChI is InChI=1S/C16H19IN2O3/c1-4-22-16(21)13-10-19(8-7-18(2)3)14-6-5-11(17)9-12(14)15(13)20/h5-6,9-10H,4,7-8H2,1-3H3. The Labute approximate surface area is 143 Å². The molecule has 0 atom stereocenters. The van der Waals surface area contributed by atoms with Gasteiger partial charge in [0.2, 0.25) is 5.43 Å². The Morgan fingerprint density at radius 3 is 2.73 bits per heavy atom. The molecule has 0 aliphatic carbocycles. The van der Waals surface area contributed by atoms with E-state index in [9.17, 15) is 9.59 Å². The van der Waals surface area contributed by atoms with E-state index in [4.69, 9.17) is 4.74 Å². The van der Waals surface area contributed by atoms with Gasteiger partial charge in [0.1, 0.15) is 5.56 Å². The molecule has 5 nitrogen and oxygen atoms in total. The van der Waals surface area contributed by atoms with Gasteiger partial charge in [0, 0.05) is 28.2 Å². The number of nitrogens with zero attached hydrogens (tertiary/aromatic N) is 2. The predicted molar refractivity (Wildman–Crippen MR) is 95.4 cm³/mol. The number of carbonyl (C=O) groups excluding carboxylic acids is 1. The van der Waals surface area contributed by atoms with Gasteiger partial charge in [-0.25, -0.2) is 4.79 Å². The maximum atomic E-state index is 12.6. The summed E-state index contributed by atoms with van der Waals surface area (Å²) in [5.74, 6) is -0.563. The Balaban J connectivity index is 2.63. The second-order valence-electron chi connectivity index (χ2n) is 5.25. The van der Waals surface area contributed by atoms with Crippen molar-refractivity contribution in [3.8, 4) is 0 Å². The molecule has 0 bridgehead atoms. The van der Waals surface area contributed by atoms with Crippen molar-refractivity contribution in [2.24, 2.45) is 0 Å². The summed E-state index contributed by atoms with van der Waals surface area (Å²) < 4.78 is 7.91. The van der Waals surface area contributed by atoms with Crippen LogP contribution >= 0.6 is 22.6 Å². The number of hydrogen-bond acceptors (Lipinski definition) is 4. The molecule has 0 spiro atoms. The van der Waals surface area contributed by atoms with Crippen molar-refractivity contribution >= 4 is 39.5 Å². The van der Waals surface area contributed by atoms with Gasteiger partial charge >= 0.3 is 5.97 Å². The van der Waals surface area contributed by atoms with Crippen molar-refractivity contribution in [2.45, 2.75) is 13.5 Å². The van der Waals surface area contributed by atoms with E-state index < -0.39 is 5.97 Å². The van der Waals surface area contributed by atoms with E-state index >= 15 is 0 Å². The number of hydrogen-bond donors (Lipinski definition) is 0. The first-order valence-corrected chi connectivity index (χ1v) is 8.16. The van der Waals surface area contributed by atoms with E-state index in [1.54, 1.807) is 13.1 Å². The van der Waals surface area contributed by atoms with Crippen LogP contribution in [0, 0.1) is 3.57 Å². The molecule has 1 aromatic heterocycles. The summed E-state index contributed by atoms with van der Waals surface area (Å²) in [6, 6.07) is 5.69. The summed E-state index contributed by atoms with van der Waals surface area (Å²) in [6.45, 7) is 3.48. The van der Waals surface area contributed by atoms with Crippen LogP contribution in [0.2, 0.25) is 0 Å². The van der Waals surface area contributed by atoms with Gasteiger partial charge in [-0.15, -0.1) is 0 Å². The average Bonchev–Trinajstić information content (AvgIpc) is 2.47. The van der Waals surface area contributed by atoms with Crippen LogP contribution in [0.3, 0.4) is 0 Å². The van der Waals surface area contributed by atoms with E-state index in [0.29, 0.717) is 11.9 Å². The fraction of sp³-hybridized carbons (Fsp3) is 0.375. The first kappa shape index (κ1) is 17.0. The molecular formula is C16H19IN2O3. The number of ether oxygens (including phenoxy) is 1. The Bertz CT molecular complexity index is 753. The normalized spacial score (nSPS) is 11.1. The second-order valence-corrected chi connectivity index (χ2v) is 6.50. The molecule has 0 saturated heterocycles. The molecule has 0 aliphatic rings. The minimum atomic E-state index is -0.563. The summed E-state index contributed by atoms with van der Waals surface area (Å²) >= 11 is 2.16. The van der Waals surface area contributed by atoms with Crippen LogP contribution in [-0.4, -0.2) is 42.7 Å². The average molecular weight is 414 g/mol. The Morgan fingerprint density at radius 1 is 1.36 bits per heavy atom. The van der Waals surface area contributed by atoms with Gasteiger partial charge in [-0.2, -0.15) is 0 Å². The molecule has 0 aliphatic heterocycles. The van der Waals surface area contributed by atoms with Gasteiger partial charge in [0.25, 0.3) is 0 Å². The lowest BCUT2D eigenvalue weighted by Gasteiger charge is -2.16. The van der Waals surface area contributed by atoms with Gasteiger partial charge in [0.15, 0.2) is 0 Å². The Kier molecular flexibility index (Phi) is 5.57. The zero-order chi connectivity index (χ0) is 16.3. The second kappa shape index (κ2) is 7.23. The molecule has 2 aromatic rings. The molecule has 0 amide bonds. The third-order valence-corrected chi connectivity index (χ3v) is 4.00.